The fourth-order valence-corrected chi connectivity index (χ4v) is 2.35. The molecule has 4 heteroatoms. The molecule has 0 fully saturated rings. The first-order chi connectivity index (χ1) is 12.0. The minimum absolute atomic E-state index is 0.332. The second kappa shape index (κ2) is 23.1. The highest BCUT2D eigenvalue weighted by Gasteiger charge is 1.95. The Morgan fingerprint density at radius 2 is 1.28 bits per heavy atom. The van der Waals surface area contributed by atoms with E-state index >= 15 is 0 Å². The summed E-state index contributed by atoms with van der Waals surface area (Å²) >= 11 is 0. The van der Waals surface area contributed by atoms with Crippen LogP contribution in [0.5, 0.6) is 0 Å². The summed E-state index contributed by atoms with van der Waals surface area (Å²) in [4.78, 5) is 10.3. The molecule has 0 radical (unpaired) electrons. The number of hydrogen-bond acceptors (Lipinski definition) is 3. The van der Waals surface area contributed by atoms with Crippen LogP contribution in [0.2, 0.25) is 0 Å². The van der Waals surface area contributed by atoms with E-state index in [2.05, 4.69) is 23.8 Å². The summed E-state index contributed by atoms with van der Waals surface area (Å²) < 4.78 is 4.31. The average molecular weight is 359 g/mol. The van der Waals surface area contributed by atoms with Crippen molar-refractivity contribution in [2.75, 3.05) is 7.11 Å². The predicted molar refractivity (Wildman–Crippen MR) is 106 cm³/mol. The van der Waals surface area contributed by atoms with E-state index in [0.717, 1.165) is 12.8 Å². The van der Waals surface area contributed by atoms with E-state index in [1.807, 2.05) is 0 Å². The molecular weight excluding hydrogens is 316 g/mol. The smallest absolute Gasteiger partial charge is 0.303 e. The number of carboxylic acids is 1. The van der Waals surface area contributed by atoms with E-state index in [0.29, 0.717) is 6.42 Å². The quantitative estimate of drug-likeness (QED) is 0.199. The van der Waals surface area contributed by atoms with Gasteiger partial charge in [0.1, 0.15) is 0 Å². The van der Waals surface area contributed by atoms with Crippen molar-refractivity contribution in [3.05, 3.63) is 12.2 Å². The van der Waals surface area contributed by atoms with Gasteiger partial charge < -0.3 is 14.9 Å². The van der Waals surface area contributed by atoms with Crippen LogP contribution in [0.1, 0.15) is 104 Å². The zero-order valence-electron chi connectivity index (χ0n) is 16.8. The molecule has 0 aliphatic carbocycles. The van der Waals surface area contributed by atoms with Crippen LogP contribution < -0.4 is 0 Å². The van der Waals surface area contributed by atoms with Crippen molar-refractivity contribution in [2.24, 2.45) is 0 Å². The molecular formula is C21H42O4. The standard InChI is InChI=1S/C18H34O2.C3H8O2/c1-2-3-4-5-6-7-8-9-10-11-12-13-14-15-16-17-18(19)20;1-3(4)5-2/h9-10H,2-8,11-17H2,1H3,(H,19,20);3-4H,1-2H3. The van der Waals surface area contributed by atoms with Gasteiger partial charge in [0.2, 0.25) is 0 Å². The van der Waals surface area contributed by atoms with Gasteiger partial charge in [-0.3, -0.25) is 4.79 Å². The van der Waals surface area contributed by atoms with E-state index in [1.54, 1.807) is 6.92 Å². The minimum atomic E-state index is -0.664. The van der Waals surface area contributed by atoms with Gasteiger partial charge in [0.05, 0.1) is 0 Å². The van der Waals surface area contributed by atoms with Crippen LogP contribution in [-0.2, 0) is 9.53 Å². The fourth-order valence-electron chi connectivity index (χ4n) is 2.35. The van der Waals surface area contributed by atoms with Crippen molar-refractivity contribution in [1.29, 1.82) is 0 Å². The van der Waals surface area contributed by atoms with Gasteiger partial charge in [-0.1, -0.05) is 70.4 Å². The molecule has 25 heavy (non-hydrogen) atoms. The second-order valence-corrected chi connectivity index (χ2v) is 6.56. The molecule has 0 aromatic carbocycles. The third-order valence-electron chi connectivity index (χ3n) is 3.99. The highest BCUT2D eigenvalue weighted by molar-refractivity contribution is 5.66. The summed E-state index contributed by atoms with van der Waals surface area (Å²) in [6.07, 6.45) is 20.6. The summed E-state index contributed by atoms with van der Waals surface area (Å²) in [6, 6.07) is 0. The van der Waals surface area contributed by atoms with Crippen LogP contribution in [0.4, 0.5) is 0 Å². The Kier molecular flexibility index (Phi) is 24.4. The molecule has 1 unspecified atom stereocenters. The Morgan fingerprint density at radius 1 is 0.880 bits per heavy atom. The highest BCUT2D eigenvalue weighted by atomic mass is 16.6. The lowest BCUT2D eigenvalue weighted by Crippen LogP contribution is -1.99. The SMILES string of the molecule is CCCCCCCCC=CCCCCCCCC(=O)O.COC(C)O. The molecule has 150 valence electrons. The normalized spacial score (nSPS) is 12.0. The molecule has 0 amide bonds. The Hall–Kier alpha value is -0.870. The van der Waals surface area contributed by atoms with Crippen LogP contribution >= 0.6 is 0 Å². The van der Waals surface area contributed by atoms with Gasteiger partial charge in [-0.2, -0.15) is 0 Å². The third-order valence-corrected chi connectivity index (χ3v) is 3.99. The first kappa shape index (κ1) is 26.4. The largest absolute Gasteiger partial charge is 0.481 e. The van der Waals surface area contributed by atoms with E-state index in [9.17, 15) is 4.79 Å². The molecule has 0 aliphatic rings. The Labute approximate surface area is 155 Å². The molecule has 1 atom stereocenters. The zero-order chi connectivity index (χ0) is 19.2. The summed E-state index contributed by atoms with van der Waals surface area (Å²) in [5.41, 5.74) is 0. The molecule has 0 heterocycles. The van der Waals surface area contributed by atoms with Gasteiger partial charge in [0.15, 0.2) is 6.29 Å². The van der Waals surface area contributed by atoms with Crippen molar-refractivity contribution in [1.82, 2.24) is 0 Å². The lowest BCUT2D eigenvalue weighted by atomic mass is 10.1. The van der Waals surface area contributed by atoms with E-state index < -0.39 is 12.3 Å². The monoisotopic (exact) mass is 358 g/mol. The predicted octanol–water partition coefficient (Wildman–Crippen LogP) is 6.08. The molecule has 4 nitrogen and oxygen atoms in total. The highest BCUT2D eigenvalue weighted by Crippen LogP contribution is 2.09. The van der Waals surface area contributed by atoms with E-state index in [4.69, 9.17) is 10.2 Å². The van der Waals surface area contributed by atoms with Crippen LogP contribution in [0.15, 0.2) is 12.2 Å². The Balaban J connectivity index is 0. The third kappa shape index (κ3) is 31.4. The van der Waals surface area contributed by atoms with Crippen molar-refractivity contribution < 1.29 is 19.7 Å². The molecule has 0 rings (SSSR count). The van der Waals surface area contributed by atoms with Crippen LogP contribution in [-0.4, -0.2) is 29.6 Å². The molecule has 2 N–H and O–H groups in total. The maximum Gasteiger partial charge on any atom is 0.303 e. The second-order valence-electron chi connectivity index (χ2n) is 6.56. The number of aliphatic carboxylic acids is 1. The Bertz CT molecular complexity index is 288. The maximum atomic E-state index is 10.3. The summed E-state index contributed by atoms with van der Waals surface area (Å²) in [6.45, 7) is 3.81. The summed E-state index contributed by atoms with van der Waals surface area (Å²) in [5.74, 6) is -0.664. The van der Waals surface area contributed by atoms with Crippen LogP contribution in [0.3, 0.4) is 0 Å². The number of unbranched alkanes of at least 4 members (excludes halogenated alkanes) is 11. The zero-order valence-corrected chi connectivity index (χ0v) is 16.8. The number of hydrogen-bond donors (Lipinski definition) is 2. The molecule has 0 aromatic heterocycles. The molecule has 0 aliphatic heterocycles. The molecule has 0 aromatic rings. The summed E-state index contributed by atoms with van der Waals surface area (Å²) in [5, 5.41) is 16.6. The van der Waals surface area contributed by atoms with E-state index in [-0.39, 0.29) is 0 Å². The van der Waals surface area contributed by atoms with Gasteiger partial charge in [-0.05, 0) is 39.0 Å². The molecule has 0 spiro atoms. The number of carbonyl (C=O) groups is 1. The minimum Gasteiger partial charge on any atom is -0.481 e. The average Bonchev–Trinajstić information content (AvgIpc) is 2.58. The number of aliphatic hydroxyl groups is 1. The number of methoxy groups -OCH3 is 1. The summed E-state index contributed by atoms with van der Waals surface area (Å²) in [7, 11) is 1.45. The van der Waals surface area contributed by atoms with Gasteiger partial charge in [0, 0.05) is 13.5 Å². The van der Waals surface area contributed by atoms with Gasteiger partial charge in [0.25, 0.3) is 0 Å². The van der Waals surface area contributed by atoms with Crippen molar-refractivity contribution in [3.63, 3.8) is 0 Å². The first-order valence-electron chi connectivity index (χ1n) is 10.1. The number of carboxylic acid groups (broad SMARTS) is 1. The molecule has 0 bridgehead atoms. The number of aliphatic hydroxyl groups excluding tert-OH is 1. The van der Waals surface area contributed by atoms with E-state index in [1.165, 1.54) is 77.7 Å². The topological polar surface area (TPSA) is 66.8 Å². The first-order valence-corrected chi connectivity index (χ1v) is 10.1. The Morgan fingerprint density at radius 3 is 1.68 bits per heavy atom. The van der Waals surface area contributed by atoms with Gasteiger partial charge >= 0.3 is 5.97 Å². The van der Waals surface area contributed by atoms with Crippen molar-refractivity contribution in [3.8, 4) is 0 Å². The number of ether oxygens (including phenoxy) is 1. The van der Waals surface area contributed by atoms with Crippen molar-refractivity contribution >= 4 is 5.97 Å². The van der Waals surface area contributed by atoms with Gasteiger partial charge in [-0.15, -0.1) is 0 Å². The molecule has 0 saturated carbocycles. The lowest BCUT2D eigenvalue weighted by molar-refractivity contribution is -0.137. The van der Waals surface area contributed by atoms with Crippen LogP contribution in [0, 0.1) is 0 Å². The maximum absolute atomic E-state index is 10.3. The fraction of sp³-hybridized carbons (Fsp3) is 0.857. The number of allylic oxidation sites excluding steroid dienone is 2. The lowest BCUT2D eigenvalue weighted by Gasteiger charge is -1.99. The van der Waals surface area contributed by atoms with Gasteiger partial charge in [-0.25, -0.2) is 0 Å². The molecule has 0 saturated heterocycles. The van der Waals surface area contributed by atoms with Crippen molar-refractivity contribution in [2.45, 2.75) is 110 Å². The number of rotatable bonds is 16. The van der Waals surface area contributed by atoms with Crippen LogP contribution in [0.25, 0.3) is 0 Å².